The predicted molar refractivity (Wildman–Crippen MR) is 138 cm³/mol. The molecule has 2 aliphatic rings. The van der Waals surface area contributed by atoms with Crippen LogP contribution in [0.1, 0.15) is 54.1 Å². The van der Waals surface area contributed by atoms with Gasteiger partial charge < -0.3 is 10.1 Å². The first kappa shape index (κ1) is 23.8. The van der Waals surface area contributed by atoms with E-state index in [-0.39, 0.29) is 36.0 Å². The van der Waals surface area contributed by atoms with Gasteiger partial charge >= 0.3 is 0 Å². The van der Waals surface area contributed by atoms with Crippen LogP contribution in [0.5, 0.6) is 5.75 Å². The van der Waals surface area contributed by atoms with Gasteiger partial charge in [-0.2, -0.15) is 0 Å². The first-order chi connectivity index (χ1) is 17.5. The van der Waals surface area contributed by atoms with E-state index in [9.17, 15) is 14.0 Å². The summed E-state index contributed by atoms with van der Waals surface area (Å²) >= 11 is 0. The lowest BCUT2D eigenvalue weighted by Gasteiger charge is -2.30. The lowest BCUT2D eigenvalue weighted by molar-refractivity contribution is -0.117. The Labute approximate surface area is 210 Å². The zero-order valence-corrected chi connectivity index (χ0v) is 20.2. The number of para-hydroxylation sites is 2. The van der Waals surface area contributed by atoms with Gasteiger partial charge in [-0.1, -0.05) is 62.2 Å². The maximum atomic E-state index is 14.3. The number of anilines is 1. The highest BCUT2D eigenvalue weighted by Gasteiger charge is 2.31. The number of hydrogen-bond acceptors (Lipinski definition) is 3. The van der Waals surface area contributed by atoms with Crippen LogP contribution in [0, 0.1) is 11.7 Å². The van der Waals surface area contributed by atoms with Crippen LogP contribution in [0.3, 0.4) is 0 Å². The minimum Gasteiger partial charge on any atom is -0.449 e. The van der Waals surface area contributed by atoms with Crippen molar-refractivity contribution >= 4 is 23.6 Å². The number of nitrogens with one attached hydrogen (secondary N) is 1. The van der Waals surface area contributed by atoms with E-state index in [1.165, 1.54) is 17.4 Å². The van der Waals surface area contributed by atoms with Crippen molar-refractivity contribution < 1.29 is 18.7 Å². The Kier molecular flexibility index (Phi) is 6.85. The molecule has 0 bridgehead atoms. The molecule has 3 aromatic carbocycles. The molecule has 36 heavy (non-hydrogen) atoms. The molecule has 1 aliphatic heterocycles. The van der Waals surface area contributed by atoms with Crippen molar-refractivity contribution in [3.63, 3.8) is 0 Å². The summed E-state index contributed by atoms with van der Waals surface area (Å²) in [5.41, 5.74) is 2.32. The predicted octanol–water partition coefficient (Wildman–Crippen LogP) is 6.10. The van der Waals surface area contributed by atoms with Gasteiger partial charge in [0.1, 0.15) is 5.82 Å². The first-order valence-electron chi connectivity index (χ1n) is 12.4. The van der Waals surface area contributed by atoms with E-state index in [2.05, 4.69) is 12.2 Å². The molecule has 1 fully saturated rings. The molecular weight excluding hydrogens is 455 g/mol. The third-order valence-electron chi connectivity index (χ3n) is 7.02. The van der Waals surface area contributed by atoms with Gasteiger partial charge in [0.15, 0.2) is 11.5 Å². The van der Waals surface area contributed by atoms with Crippen molar-refractivity contribution in [2.45, 2.75) is 45.2 Å². The minimum atomic E-state index is -0.365. The van der Waals surface area contributed by atoms with Crippen molar-refractivity contribution in [1.82, 2.24) is 5.32 Å². The summed E-state index contributed by atoms with van der Waals surface area (Å²) in [5.74, 6) is 0.344. The second-order valence-electron chi connectivity index (χ2n) is 9.52. The highest BCUT2D eigenvalue weighted by Crippen LogP contribution is 2.36. The highest BCUT2D eigenvalue weighted by molar-refractivity contribution is 6.09. The average molecular weight is 485 g/mol. The van der Waals surface area contributed by atoms with E-state index in [0.717, 1.165) is 24.8 Å². The van der Waals surface area contributed by atoms with Crippen LogP contribution in [-0.4, -0.2) is 17.9 Å². The number of carbonyl (C=O) groups excluding carboxylic acids is 2. The van der Waals surface area contributed by atoms with Crippen molar-refractivity contribution in [3.8, 4) is 5.75 Å². The number of rotatable bonds is 5. The second-order valence-corrected chi connectivity index (χ2v) is 9.52. The Hall–Kier alpha value is -3.93. The van der Waals surface area contributed by atoms with Crippen molar-refractivity contribution in [2.24, 2.45) is 5.92 Å². The number of benzene rings is 3. The normalized spacial score (nSPS) is 20.6. The largest absolute Gasteiger partial charge is 0.449 e. The molecule has 184 valence electrons. The summed E-state index contributed by atoms with van der Waals surface area (Å²) in [5, 5.41) is 3.17. The van der Waals surface area contributed by atoms with Gasteiger partial charge in [0.05, 0.1) is 12.2 Å². The molecule has 2 unspecified atom stereocenters. The minimum absolute atomic E-state index is 0.0806. The molecule has 1 saturated carbocycles. The maximum absolute atomic E-state index is 14.3. The summed E-state index contributed by atoms with van der Waals surface area (Å²) in [7, 11) is 0. The van der Waals surface area contributed by atoms with Gasteiger partial charge in [-0.25, -0.2) is 4.39 Å². The molecule has 1 heterocycles. The van der Waals surface area contributed by atoms with Crippen molar-refractivity contribution in [1.29, 1.82) is 0 Å². The SMILES string of the molecule is CC1CCCCC1NC(=O)c1ccc(C=C2Oc3ccccc3N(Cc3ccccc3F)C2=O)cc1. The number of fused-ring (bicyclic) bond motifs is 1. The van der Waals surface area contributed by atoms with Gasteiger partial charge in [0.2, 0.25) is 0 Å². The lowest BCUT2D eigenvalue weighted by atomic mass is 9.86. The quantitative estimate of drug-likeness (QED) is 0.445. The Balaban J connectivity index is 1.36. The van der Waals surface area contributed by atoms with Gasteiger partial charge in [-0.15, -0.1) is 0 Å². The summed E-state index contributed by atoms with van der Waals surface area (Å²) < 4.78 is 20.3. The van der Waals surface area contributed by atoms with Crippen LogP contribution in [0.4, 0.5) is 10.1 Å². The van der Waals surface area contributed by atoms with Crippen LogP contribution in [0.2, 0.25) is 0 Å². The van der Waals surface area contributed by atoms with Crippen molar-refractivity contribution in [2.75, 3.05) is 4.90 Å². The molecule has 0 aromatic heterocycles. The molecule has 2 atom stereocenters. The fourth-order valence-electron chi connectivity index (χ4n) is 4.88. The second kappa shape index (κ2) is 10.4. The fraction of sp³-hybridized carbons (Fsp3) is 0.267. The van der Waals surface area contributed by atoms with Gasteiger partial charge in [-0.3, -0.25) is 14.5 Å². The maximum Gasteiger partial charge on any atom is 0.294 e. The smallest absolute Gasteiger partial charge is 0.294 e. The lowest BCUT2D eigenvalue weighted by Crippen LogP contribution is -2.41. The van der Waals surface area contributed by atoms with E-state index in [1.807, 2.05) is 12.1 Å². The molecule has 0 spiro atoms. The molecule has 5 nitrogen and oxygen atoms in total. The topological polar surface area (TPSA) is 58.6 Å². The summed E-state index contributed by atoms with van der Waals surface area (Å²) in [6.45, 7) is 2.27. The summed E-state index contributed by atoms with van der Waals surface area (Å²) in [6, 6.07) is 21.0. The van der Waals surface area contributed by atoms with E-state index in [4.69, 9.17) is 4.74 Å². The molecule has 6 heteroatoms. The fourth-order valence-corrected chi connectivity index (χ4v) is 4.88. The Morgan fingerprint density at radius 2 is 1.75 bits per heavy atom. The molecule has 1 aliphatic carbocycles. The zero-order valence-electron chi connectivity index (χ0n) is 20.2. The standard InChI is InChI=1S/C30H29FN2O3/c1-20-8-2-5-11-25(20)32-29(34)22-16-14-21(15-17-22)18-28-30(35)33(19-23-9-3-4-10-24(23)31)26-12-6-7-13-27(26)36-28/h3-4,6-7,9-10,12-18,20,25H,2,5,8,11,19H2,1H3,(H,32,34). The summed E-state index contributed by atoms with van der Waals surface area (Å²) in [6.07, 6.45) is 6.17. The van der Waals surface area contributed by atoms with E-state index in [0.29, 0.717) is 28.5 Å². The molecule has 0 radical (unpaired) electrons. The Bertz CT molecular complexity index is 1300. The van der Waals surface area contributed by atoms with Crippen LogP contribution >= 0.6 is 0 Å². The van der Waals surface area contributed by atoms with Crippen LogP contribution in [0.25, 0.3) is 6.08 Å². The number of carbonyl (C=O) groups is 2. The van der Waals surface area contributed by atoms with Gasteiger partial charge in [0.25, 0.3) is 11.8 Å². The van der Waals surface area contributed by atoms with E-state index >= 15 is 0 Å². The van der Waals surface area contributed by atoms with E-state index in [1.54, 1.807) is 60.7 Å². The van der Waals surface area contributed by atoms with Crippen LogP contribution in [0.15, 0.2) is 78.6 Å². The van der Waals surface area contributed by atoms with E-state index < -0.39 is 0 Å². The van der Waals surface area contributed by atoms with Crippen molar-refractivity contribution in [3.05, 3.63) is 101 Å². The monoisotopic (exact) mass is 484 g/mol. The Morgan fingerprint density at radius 3 is 2.53 bits per heavy atom. The first-order valence-corrected chi connectivity index (χ1v) is 12.4. The number of halogens is 1. The summed E-state index contributed by atoms with van der Waals surface area (Å²) in [4.78, 5) is 27.7. The molecule has 3 aromatic rings. The number of ether oxygens (including phenoxy) is 1. The number of hydrogen-bond donors (Lipinski definition) is 1. The number of amides is 2. The molecule has 2 amide bonds. The third-order valence-corrected chi connectivity index (χ3v) is 7.02. The third kappa shape index (κ3) is 5.03. The van der Waals surface area contributed by atoms with Gasteiger partial charge in [-0.05, 0) is 60.7 Å². The average Bonchev–Trinajstić information content (AvgIpc) is 2.89. The zero-order chi connectivity index (χ0) is 25.1. The molecule has 1 N–H and O–H groups in total. The molecular formula is C30H29FN2O3. The Morgan fingerprint density at radius 1 is 1.03 bits per heavy atom. The van der Waals surface area contributed by atoms with Crippen LogP contribution < -0.4 is 15.0 Å². The van der Waals surface area contributed by atoms with Gasteiger partial charge in [0, 0.05) is 17.2 Å². The van der Waals surface area contributed by atoms with Crippen LogP contribution in [-0.2, 0) is 11.3 Å². The number of nitrogens with zero attached hydrogens (tertiary/aromatic N) is 1. The molecule has 0 saturated heterocycles. The molecule has 5 rings (SSSR count). The highest BCUT2D eigenvalue weighted by atomic mass is 19.1.